The standard InChI is InChI=1S/C28H32N4O3/c1-2-30-27(34)23-18-32(17-20-9-5-3-6-10-20)19-24(26(23)33)28(35)31-25(21-11-7-4-8-12-21)22-13-15-29-16-14-22/h4,7-8,11-16,18-20,25H,2-3,5-6,9-10,17H2,1H3,(H,30,34)(H,31,35)/t25-/m1/s1. The van der Waals surface area contributed by atoms with E-state index < -0.39 is 23.3 Å². The van der Waals surface area contributed by atoms with Gasteiger partial charge in [0.1, 0.15) is 11.1 Å². The number of nitrogens with zero attached hydrogens (tertiary/aromatic N) is 2. The normalized spacial score (nSPS) is 14.8. The third-order valence-corrected chi connectivity index (χ3v) is 6.55. The predicted molar refractivity (Wildman–Crippen MR) is 135 cm³/mol. The summed E-state index contributed by atoms with van der Waals surface area (Å²) >= 11 is 0. The molecule has 1 aliphatic rings. The van der Waals surface area contributed by atoms with Gasteiger partial charge in [-0.15, -0.1) is 0 Å². The molecule has 1 fully saturated rings. The first-order valence-corrected chi connectivity index (χ1v) is 12.3. The molecule has 2 amide bonds. The quantitative estimate of drug-likeness (QED) is 0.516. The number of benzene rings is 1. The summed E-state index contributed by atoms with van der Waals surface area (Å²) in [4.78, 5) is 43.6. The molecule has 3 aromatic rings. The maximum absolute atomic E-state index is 13.5. The number of aromatic nitrogens is 2. The summed E-state index contributed by atoms with van der Waals surface area (Å²) in [6, 6.07) is 12.8. The van der Waals surface area contributed by atoms with Crippen molar-refractivity contribution >= 4 is 11.8 Å². The van der Waals surface area contributed by atoms with E-state index in [0.717, 1.165) is 24.0 Å². The van der Waals surface area contributed by atoms with Crippen LogP contribution in [0, 0.1) is 5.92 Å². The van der Waals surface area contributed by atoms with Crippen LogP contribution in [0.3, 0.4) is 0 Å². The second kappa shape index (κ2) is 11.6. The highest BCUT2D eigenvalue weighted by Crippen LogP contribution is 2.25. The molecular formula is C28H32N4O3. The molecule has 2 heterocycles. The molecule has 1 aliphatic carbocycles. The monoisotopic (exact) mass is 472 g/mol. The maximum Gasteiger partial charge on any atom is 0.257 e. The minimum absolute atomic E-state index is 0.00418. The molecule has 2 N–H and O–H groups in total. The second-order valence-corrected chi connectivity index (χ2v) is 9.07. The van der Waals surface area contributed by atoms with Crippen molar-refractivity contribution in [3.63, 3.8) is 0 Å². The molecule has 7 nitrogen and oxygen atoms in total. The van der Waals surface area contributed by atoms with E-state index in [4.69, 9.17) is 0 Å². The van der Waals surface area contributed by atoms with Crippen molar-refractivity contribution in [1.29, 1.82) is 0 Å². The Labute approximate surface area is 205 Å². The van der Waals surface area contributed by atoms with Crippen LogP contribution in [0.4, 0.5) is 0 Å². The van der Waals surface area contributed by atoms with E-state index in [9.17, 15) is 14.4 Å². The molecule has 7 heteroatoms. The maximum atomic E-state index is 13.5. The van der Waals surface area contributed by atoms with Crippen LogP contribution in [0.15, 0.2) is 72.0 Å². The lowest BCUT2D eigenvalue weighted by Crippen LogP contribution is -2.37. The van der Waals surface area contributed by atoms with Crippen LogP contribution in [0.1, 0.15) is 76.9 Å². The van der Waals surface area contributed by atoms with Crippen LogP contribution < -0.4 is 16.1 Å². The van der Waals surface area contributed by atoms with E-state index >= 15 is 0 Å². The van der Waals surface area contributed by atoms with Crippen molar-refractivity contribution in [2.24, 2.45) is 5.92 Å². The fourth-order valence-electron chi connectivity index (χ4n) is 4.75. The third kappa shape index (κ3) is 6.04. The number of nitrogens with one attached hydrogen (secondary N) is 2. The van der Waals surface area contributed by atoms with Gasteiger partial charge in [0.15, 0.2) is 0 Å². The van der Waals surface area contributed by atoms with Crippen molar-refractivity contribution in [1.82, 2.24) is 20.2 Å². The Bertz CT molecular complexity index is 1160. The molecule has 0 spiro atoms. The molecule has 2 aromatic heterocycles. The van der Waals surface area contributed by atoms with Gasteiger partial charge in [-0.1, -0.05) is 49.6 Å². The van der Waals surface area contributed by atoms with E-state index in [2.05, 4.69) is 15.6 Å². The Balaban J connectivity index is 1.69. The summed E-state index contributed by atoms with van der Waals surface area (Å²) in [5, 5.41) is 5.73. The highest BCUT2D eigenvalue weighted by atomic mass is 16.2. The predicted octanol–water partition coefficient (Wildman–Crippen LogP) is 4.09. The molecule has 1 saturated carbocycles. The number of amides is 2. The molecule has 0 aliphatic heterocycles. The van der Waals surface area contributed by atoms with E-state index in [0.29, 0.717) is 19.0 Å². The Morgan fingerprint density at radius 3 is 2.23 bits per heavy atom. The van der Waals surface area contributed by atoms with Crippen LogP contribution in [-0.2, 0) is 6.54 Å². The lowest BCUT2D eigenvalue weighted by Gasteiger charge is -2.24. The highest BCUT2D eigenvalue weighted by molar-refractivity contribution is 5.99. The van der Waals surface area contributed by atoms with Gasteiger partial charge in [0, 0.05) is 37.9 Å². The number of pyridine rings is 2. The van der Waals surface area contributed by atoms with Gasteiger partial charge in [-0.05, 0) is 48.9 Å². The first-order valence-electron chi connectivity index (χ1n) is 12.3. The Morgan fingerprint density at radius 2 is 1.57 bits per heavy atom. The third-order valence-electron chi connectivity index (χ3n) is 6.55. The van der Waals surface area contributed by atoms with Crippen LogP contribution >= 0.6 is 0 Å². The molecule has 1 atom stereocenters. The van der Waals surface area contributed by atoms with E-state index in [1.165, 1.54) is 19.3 Å². The van der Waals surface area contributed by atoms with Crippen molar-refractivity contribution in [2.75, 3.05) is 6.54 Å². The molecule has 35 heavy (non-hydrogen) atoms. The van der Waals surface area contributed by atoms with Gasteiger partial charge < -0.3 is 15.2 Å². The van der Waals surface area contributed by atoms with Crippen LogP contribution in [0.25, 0.3) is 0 Å². The van der Waals surface area contributed by atoms with Crippen molar-refractivity contribution in [3.05, 3.63) is 99.7 Å². The summed E-state index contributed by atoms with van der Waals surface area (Å²) < 4.78 is 1.85. The summed E-state index contributed by atoms with van der Waals surface area (Å²) in [7, 11) is 0. The Kier molecular flexibility index (Phi) is 8.08. The fourth-order valence-corrected chi connectivity index (χ4v) is 4.75. The average molecular weight is 473 g/mol. The number of carbonyl (C=O) groups is 2. The summed E-state index contributed by atoms with van der Waals surface area (Å²) in [5.41, 5.74) is 1.14. The first-order chi connectivity index (χ1) is 17.1. The molecule has 4 rings (SSSR count). The zero-order valence-electron chi connectivity index (χ0n) is 20.1. The average Bonchev–Trinajstić information content (AvgIpc) is 2.89. The van der Waals surface area contributed by atoms with E-state index in [1.807, 2.05) is 47.0 Å². The van der Waals surface area contributed by atoms with Crippen molar-refractivity contribution in [2.45, 2.75) is 51.6 Å². The second-order valence-electron chi connectivity index (χ2n) is 9.07. The van der Waals surface area contributed by atoms with Crippen molar-refractivity contribution in [3.8, 4) is 0 Å². The Hall–Kier alpha value is -3.74. The molecule has 0 saturated heterocycles. The van der Waals surface area contributed by atoms with Crippen LogP contribution in [0.5, 0.6) is 0 Å². The van der Waals surface area contributed by atoms with Gasteiger partial charge in [-0.3, -0.25) is 19.4 Å². The number of hydrogen-bond donors (Lipinski definition) is 2. The first kappa shape index (κ1) is 24.4. The van der Waals surface area contributed by atoms with Gasteiger partial charge in [-0.2, -0.15) is 0 Å². The molecule has 0 unspecified atom stereocenters. The number of rotatable bonds is 8. The van der Waals surface area contributed by atoms with Gasteiger partial charge in [-0.25, -0.2) is 0 Å². The summed E-state index contributed by atoms with van der Waals surface area (Å²) in [5.74, 6) is -0.499. The molecule has 1 aromatic carbocycles. The minimum atomic E-state index is -0.560. The molecular weight excluding hydrogens is 440 g/mol. The van der Waals surface area contributed by atoms with E-state index in [-0.39, 0.29) is 11.1 Å². The smallest absolute Gasteiger partial charge is 0.257 e. The van der Waals surface area contributed by atoms with Gasteiger partial charge in [0.25, 0.3) is 11.8 Å². The lowest BCUT2D eigenvalue weighted by molar-refractivity contribution is 0.0940. The zero-order valence-corrected chi connectivity index (χ0v) is 20.1. The van der Waals surface area contributed by atoms with Crippen LogP contribution in [0.2, 0.25) is 0 Å². The molecule has 0 radical (unpaired) electrons. The van der Waals surface area contributed by atoms with E-state index in [1.54, 1.807) is 31.7 Å². The Morgan fingerprint density at radius 1 is 0.943 bits per heavy atom. The summed E-state index contributed by atoms with van der Waals surface area (Å²) in [6.07, 6.45) is 12.4. The fraction of sp³-hybridized carbons (Fsp3) is 0.357. The van der Waals surface area contributed by atoms with Gasteiger partial charge >= 0.3 is 0 Å². The van der Waals surface area contributed by atoms with Gasteiger partial charge in [0.05, 0.1) is 6.04 Å². The lowest BCUT2D eigenvalue weighted by atomic mass is 9.89. The highest BCUT2D eigenvalue weighted by Gasteiger charge is 2.24. The largest absolute Gasteiger partial charge is 0.352 e. The van der Waals surface area contributed by atoms with Crippen LogP contribution in [-0.4, -0.2) is 27.9 Å². The summed E-state index contributed by atoms with van der Waals surface area (Å²) in [6.45, 7) is 2.88. The minimum Gasteiger partial charge on any atom is -0.352 e. The SMILES string of the molecule is CCNC(=O)c1cn(CC2CCCCC2)cc(C(=O)N[C@H](c2ccccc2)c2ccncc2)c1=O. The molecule has 182 valence electrons. The van der Waals surface area contributed by atoms with Crippen molar-refractivity contribution < 1.29 is 9.59 Å². The number of carbonyl (C=O) groups excluding carboxylic acids is 2. The topological polar surface area (TPSA) is 93.1 Å². The number of hydrogen-bond acceptors (Lipinski definition) is 4. The molecule has 0 bridgehead atoms. The zero-order chi connectivity index (χ0) is 24.6. The van der Waals surface area contributed by atoms with Gasteiger partial charge in [0.2, 0.25) is 5.43 Å².